The smallest absolute Gasteiger partial charge is 0.0577 e. The third-order valence-electron chi connectivity index (χ3n) is 3.65. The van der Waals surface area contributed by atoms with Gasteiger partial charge in [0.2, 0.25) is 0 Å². The van der Waals surface area contributed by atoms with E-state index in [-0.39, 0.29) is 0 Å². The van der Waals surface area contributed by atoms with Gasteiger partial charge in [0.15, 0.2) is 0 Å². The summed E-state index contributed by atoms with van der Waals surface area (Å²) in [6.45, 7) is 7.35. The minimum Gasteiger partial charge on any atom is -0.0577 e. The highest BCUT2D eigenvalue weighted by molar-refractivity contribution is 7.81. The summed E-state index contributed by atoms with van der Waals surface area (Å²) in [7, 11) is 0. The number of thiol groups is 1. The molecule has 0 aromatic carbocycles. The molecule has 0 aromatic heterocycles. The fourth-order valence-electron chi connectivity index (χ4n) is 2.65. The molecule has 1 aliphatic carbocycles. The maximum absolute atomic E-state index is 2.46. The van der Waals surface area contributed by atoms with Gasteiger partial charge >= 0.3 is 0 Å². The zero-order valence-corrected chi connectivity index (χ0v) is 8.70. The third kappa shape index (κ3) is 1.22. The van der Waals surface area contributed by atoms with Gasteiger partial charge < -0.3 is 0 Å². The molecule has 2 bridgehead atoms. The molecule has 2 aliphatic rings. The Labute approximate surface area is 74.1 Å². The predicted octanol–water partition coefficient (Wildman–Crippen LogP) is 2.40. The van der Waals surface area contributed by atoms with E-state index in [2.05, 4.69) is 20.8 Å². The molecular weight excluding hydrogens is 152 g/mol. The molecule has 2 rings (SSSR count). The topological polar surface area (TPSA) is 0 Å². The highest BCUT2D eigenvalue weighted by Crippen LogP contribution is 2.46. The van der Waals surface area contributed by atoms with Gasteiger partial charge in [-0.3, -0.25) is 0 Å². The second-order valence-electron chi connectivity index (χ2n) is 4.84. The molecule has 3 atom stereocenters. The van der Waals surface area contributed by atoms with Crippen LogP contribution in [0.5, 0.6) is 0 Å². The van der Waals surface area contributed by atoms with Crippen LogP contribution in [-0.2, 0) is 11.8 Å². The zero-order chi connectivity index (χ0) is 8.06. The van der Waals surface area contributed by atoms with Crippen LogP contribution in [0.4, 0.5) is 0 Å². The predicted molar refractivity (Wildman–Crippen MR) is 53.1 cm³/mol. The molecule has 2 unspecified atom stereocenters. The Balaban J connectivity index is 2.16. The standard InChI is InChI=1S/C10H18S/c1-7-4-5-8-6-9(7)11-10(8,2)3/h7-9H,4-6H2,1-3H3/p+1/t7?,8?,9-/m1/s1. The van der Waals surface area contributed by atoms with E-state index in [1.807, 2.05) is 0 Å². The van der Waals surface area contributed by atoms with Crippen molar-refractivity contribution in [3.63, 3.8) is 0 Å². The van der Waals surface area contributed by atoms with Crippen LogP contribution in [0.3, 0.4) is 0 Å². The summed E-state index contributed by atoms with van der Waals surface area (Å²) in [5, 5.41) is 1.05. The molecule has 1 saturated carbocycles. The van der Waals surface area contributed by atoms with Gasteiger partial charge in [-0.2, -0.15) is 0 Å². The molecule has 2 fully saturated rings. The van der Waals surface area contributed by atoms with Crippen molar-refractivity contribution in [2.45, 2.75) is 50.0 Å². The molecular formula is C10H19S+. The van der Waals surface area contributed by atoms with Crippen LogP contribution in [0.2, 0.25) is 0 Å². The second kappa shape index (κ2) is 2.42. The molecule has 0 nitrogen and oxygen atoms in total. The first-order chi connectivity index (χ1) is 5.09. The molecule has 64 valence electrons. The Morgan fingerprint density at radius 2 is 2.00 bits per heavy atom. The Kier molecular flexibility index (Phi) is 1.75. The first-order valence-corrected chi connectivity index (χ1v) is 5.78. The summed E-state index contributed by atoms with van der Waals surface area (Å²) < 4.78 is 0.648. The van der Waals surface area contributed by atoms with Crippen LogP contribution >= 0.6 is 0 Å². The lowest BCUT2D eigenvalue weighted by Gasteiger charge is -2.22. The molecule has 1 heteroatoms. The van der Waals surface area contributed by atoms with Crippen LogP contribution in [0.15, 0.2) is 0 Å². The summed E-state index contributed by atoms with van der Waals surface area (Å²) >= 11 is 1.75. The number of hydrogen-bond donors (Lipinski definition) is 0. The second-order valence-corrected chi connectivity index (χ2v) is 6.91. The van der Waals surface area contributed by atoms with Gasteiger partial charge in [0.1, 0.15) is 10.00 Å². The van der Waals surface area contributed by atoms with Gasteiger partial charge in [-0.15, -0.1) is 0 Å². The van der Waals surface area contributed by atoms with Gasteiger partial charge in [0.25, 0.3) is 0 Å². The van der Waals surface area contributed by atoms with E-state index >= 15 is 0 Å². The number of fused-ring (bicyclic) bond motifs is 2. The molecule has 0 N–H and O–H groups in total. The fourth-order valence-corrected chi connectivity index (χ4v) is 4.72. The summed E-state index contributed by atoms with van der Waals surface area (Å²) in [5.41, 5.74) is 0. The van der Waals surface area contributed by atoms with Crippen LogP contribution < -0.4 is 0 Å². The third-order valence-corrected chi connectivity index (χ3v) is 5.73. The molecule has 1 aliphatic heterocycles. The molecule has 1 saturated heterocycles. The quantitative estimate of drug-likeness (QED) is 0.388. The van der Waals surface area contributed by atoms with E-state index in [0.29, 0.717) is 4.75 Å². The van der Waals surface area contributed by atoms with Crippen molar-refractivity contribution in [3.05, 3.63) is 0 Å². The van der Waals surface area contributed by atoms with E-state index in [1.165, 1.54) is 19.3 Å². The van der Waals surface area contributed by atoms with E-state index in [9.17, 15) is 0 Å². The Morgan fingerprint density at radius 3 is 2.64 bits per heavy atom. The van der Waals surface area contributed by atoms with E-state index < -0.39 is 0 Å². The fraction of sp³-hybridized carbons (Fsp3) is 1.00. The molecule has 0 radical (unpaired) electrons. The zero-order valence-electron chi connectivity index (χ0n) is 7.80. The lowest BCUT2D eigenvalue weighted by molar-refractivity contribution is 0.290. The van der Waals surface area contributed by atoms with E-state index in [1.54, 1.807) is 11.8 Å². The lowest BCUT2D eigenvalue weighted by atomic mass is 9.78. The van der Waals surface area contributed by atoms with Gasteiger partial charge in [0, 0.05) is 18.3 Å². The molecule has 0 spiro atoms. The minimum atomic E-state index is 0.648. The monoisotopic (exact) mass is 171 g/mol. The Morgan fingerprint density at radius 1 is 1.27 bits per heavy atom. The highest BCUT2D eigenvalue weighted by Gasteiger charge is 2.52. The van der Waals surface area contributed by atoms with Crippen LogP contribution in [0, 0.1) is 11.8 Å². The van der Waals surface area contributed by atoms with Crippen molar-refractivity contribution in [2.24, 2.45) is 11.8 Å². The van der Waals surface area contributed by atoms with Crippen molar-refractivity contribution >= 4 is 11.8 Å². The van der Waals surface area contributed by atoms with Crippen LogP contribution in [0.25, 0.3) is 0 Å². The van der Waals surface area contributed by atoms with Crippen molar-refractivity contribution in [3.8, 4) is 0 Å². The van der Waals surface area contributed by atoms with E-state index in [0.717, 1.165) is 17.1 Å². The molecule has 11 heavy (non-hydrogen) atoms. The highest BCUT2D eigenvalue weighted by atomic mass is 32.2. The van der Waals surface area contributed by atoms with Crippen molar-refractivity contribution in [1.82, 2.24) is 0 Å². The summed E-state index contributed by atoms with van der Waals surface area (Å²) in [6.07, 6.45) is 4.51. The summed E-state index contributed by atoms with van der Waals surface area (Å²) in [5.74, 6) is 2.06. The Bertz CT molecular complexity index is 162. The molecule has 0 amide bonds. The largest absolute Gasteiger partial charge is 0.123 e. The van der Waals surface area contributed by atoms with Gasteiger partial charge in [-0.25, -0.2) is 0 Å². The average molecular weight is 171 g/mol. The Hall–Kier alpha value is 0.350. The van der Waals surface area contributed by atoms with Crippen molar-refractivity contribution < 1.29 is 0 Å². The van der Waals surface area contributed by atoms with Gasteiger partial charge in [0.05, 0.1) is 0 Å². The lowest BCUT2D eigenvalue weighted by Crippen LogP contribution is -2.25. The first-order valence-electron chi connectivity index (χ1n) is 4.81. The normalized spacial score (nSPS) is 47.7. The van der Waals surface area contributed by atoms with Crippen LogP contribution in [-0.4, -0.2) is 10.00 Å². The number of hydrogen-bond acceptors (Lipinski definition) is 0. The van der Waals surface area contributed by atoms with Gasteiger partial charge in [-0.05, 0) is 38.5 Å². The van der Waals surface area contributed by atoms with E-state index in [4.69, 9.17) is 0 Å². The minimum absolute atomic E-state index is 0.648. The summed E-state index contributed by atoms with van der Waals surface area (Å²) in [6, 6.07) is 0. The van der Waals surface area contributed by atoms with Crippen molar-refractivity contribution in [1.29, 1.82) is 0 Å². The molecule has 1 heterocycles. The molecule has 0 aromatic rings. The maximum atomic E-state index is 2.46. The SMILES string of the molecule is CC1CCC2C[C@H]1[SH+]C2(C)C. The van der Waals surface area contributed by atoms with Crippen molar-refractivity contribution in [2.75, 3.05) is 0 Å². The van der Waals surface area contributed by atoms with Gasteiger partial charge in [-0.1, -0.05) is 6.92 Å². The number of rotatable bonds is 0. The summed E-state index contributed by atoms with van der Waals surface area (Å²) in [4.78, 5) is 0. The van der Waals surface area contributed by atoms with Crippen LogP contribution in [0.1, 0.15) is 40.0 Å². The maximum Gasteiger partial charge on any atom is 0.123 e. The average Bonchev–Trinajstić information content (AvgIpc) is 2.16. The first kappa shape index (κ1) is 7.97.